The number of nitriles is 1. The molecule has 6 heteroatoms. The Morgan fingerprint density at radius 3 is 2.48 bits per heavy atom. The van der Waals surface area contributed by atoms with Crippen molar-refractivity contribution in [2.24, 2.45) is 0 Å². The van der Waals surface area contributed by atoms with E-state index in [9.17, 15) is 10.1 Å². The average molecular weight is 381 g/mol. The zero-order chi connectivity index (χ0) is 20.5. The van der Waals surface area contributed by atoms with Gasteiger partial charge >= 0.3 is 5.69 Å². The minimum Gasteiger partial charge on any atom is -0.284 e. The van der Waals surface area contributed by atoms with E-state index in [0.717, 1.165) is 22.4 Å². The molecule has 0 N–H and O–H groups in total. The summed E-state index contributed by atoms with van der Waals surface area (Å²) < 4.78 is 3.04. The van der Waals surface area contributed by atoms with Gasteiger partial charge in [-0.15, -0.1) is 6.58 Å². The first-order valence-electron chi connectivity index (χ1n) is 9.22. The van der Waals surface area contributed by atoms with Crippen LogP contribution in [0.3, 0.4) is 0 Å². The molecule has 0 radical (unpaired) electrons. The van der Waals surface area contributed by atoms with Crippen LogP contribution in [-0.2, 0) is 6.54 Å². The van der Waals surface area contributed by atoms with Crippen molar-refractivity contribution in [3.05, 3.63) is 88.5 Å². The molecular formula is C23H19N5O. The molecular weight excluding hydrogens is 362 g/mol. The standard InChI is InChI=1S/C23H19N5O/c1-4-13-27-20-18(14-24)25-21(17-11-9-15(2)10-12-17)26-22(20)28(23(27)29)19-8-6-5-7-16(19)3/h4-12H,1,13H2,2-3H3. The molecule has 6 nitrogen and oxygen atoms in total. The Morgan fingerprint density at radius 1 is 1.10 bits per heavy atom. The summed E-state index contributed by atoms with van der Waals surface area (Å²) in [6.45, 7) is 7.94. The largest absolute Gasteiger partial charge is 0.335 e. The second-order valence-electron chi connectivity index (χ2n) is 6.85. The maximum atomic E-state index is 13.3. The number of aryl methyl sites for hydroxylation is 2. The molecule has 0 saturated heterocycles. The minimum atomic E-state index is -0.277. The molecule has 0 spiro atoms. The van der Waals surface area contributed by atoms with E-state index in [-0.39, 0.29) is 17.9 Å². The maximum Gasteiger partial charge on any atom is 0.335 e. The fraction of sp³-hybridized carbons (Fsp3) is 0.130. The third-order valence-electron chi connectivity index (χ3n) is 4.85. The van der Waals surface area contributed by atoms with Crippen LogP contribution in [0.5, 0.6) is 0 Å². The van der Waals surface area contributed by atoms with Gasteiger partial charge in [-0.05, 0) is 25.5 Å². The SMILES string of the molecule is C=CCn1c(=O)n(-c2ccccc2C)c2nc(-c3ccc(C)cc3)nc(C#N)c21. The van der Waals surface area contributed by atoms with Crippen molar-refractivity contribution in [1.82, 2.24) is 19.1 Å². The van der Waals surface area contributed by atoms with Gasteiger partial charge in [0.05, 0.1) is 5.69 Å². The second-order valence-corrected chi connectivity index (χ2v) is 6.85. The van der Waals surface area contributed by atoms with Gasteiger partial charge < -0.3 is 0 Å². The van der Waals surface area contributed by atoms with Crippen molar-refractivity contribution in [3.63, 3.8) is 0 Å². The minimum absolute atomic E-state index is 0.164. The van der Waals surface area contributed by atoms with E-state index < -0.39 is 0 Å². The monoisotopic (exact) mass is 381 g/mol. The molecule has 4 aromatic rings. The number of imidazole rings is 1. The molecule has 0 fully saturated rings. The highest BCUT2D eigenvalue weighted by molar-refractivity contribution is 5.81. The number of allylic oxidation sites excluding steroid dienone is 1. The van der Waals surface area contributed by atoms with Gasteiger partial charge in [-0.3, -0.25) is 4.57 Å². The van der Waals surface area contributed by atoms with Crippen LogP contribution in [0.4, 0.5) is 0 Å². The molecule has 0 bridgehead atoms. The number of aromatic nitrogens is 4. The lowest BCUT2D eigenvalue weighted by atomic mass is 10.1. The summed E-state index contributed by atoms with van der Waals surface area (Å²) in [5.41, 5.74) is 4.27. The molecule has 0 aliphatic heterocycles. The summed E-state index contributed by atoms with van der Waals surface area (Å²) >= 11 is 0. The van der Waals surface area contributed by atoms with Gasteiger partial charge in [0.15, 0.2) is 17.2 Å². The molecule has 2 heterocycles. The van der Waals surface area contributed by atoms with Crippen molar-refractivity contribution in [3.8, 4) is 23.1 Å². The number of para-hydroxylation sites is 1. The van der Waals surface area contributed by atoms with E-state index in [1.807, 2.05) is 62.4 Å². The molecule has 0 amide bonds. The fourth-order valence-corrected chi connectivity index (χ4v) is 3.39. The van der Waals surface area contributed by atoms with Crippen molar-refractivity contribution >= 4 is 11.2 Å². The van der Waals surface area contributed by atoms with E-state index in [4.69, 9.17) is 4.98 Å². The maximum absolute atomic E-state index is 13.3. The van der Waals surface area contributed by atoms with Crippen LogP contribution in [0.25, 0.3) is 28.2 Å². The molecule has 142 valence electrons. The lowest BCUT2D eigenvalue weighted by Gasteiger charge is -2.07. The van der Waals surface area contributed by atoms with Crippen LogP contribution in [0, 0.1) is 25.2 Å². The van der Waals surface area contributed by atoms with E-state index in [2.05, 4.69) is 17.6 Å². The van der Waals surface area contributed by atoms with Crippen molar-refractivity contribution in [2.45, 2.75) is 20.4 Å². The number of rotatable bonds is 4. The first-order chi connectivity index (χ1) is 14.0. The van der Waals surface area contributed by atoms with Gasteiger partial charge in [-0.1, -0.05) is 54.1 Å². The summed E-state index contributed by atoms with van der Waals surface area (Å²) in [6, 6.07) is 17.5. The van der Waals surface area contributed by atoms with Crippen molar-refractivity contribution in [1.29, 1.82) is 5.26 Å². The summed E-state index contributed by atoms with van der Waals surface area (Å²) in [4.78, 5) is 22.5. The molecule has 0 saturated carbocycles. The third-order valence-corrected chi connectivity index (χ3v) is 4.85. The highest BCUT2D eigenvalue weighted by Gasteiger charge is 2.22. The van der Waals surface area contributed by atoms with Crippen molar-refractivity contribution in [2.75, 3.05) is 0 Å². The van der Waals surface area contributed by atoms with E-state index in [0.29, 0.717) is 17.0 Å². The van der Waals surface area contributed by atoms with Crippen LogP contribution in [-0.4, -0.2) is 19.1 Å². The van der Waals surface area contributed by atoms with Gasteiger partial charge in [-0.25, -0.2) is 19.3 Å². The predicted molar refractivity (Wildman–Crippen MR) is 113 cm³/mol. The van der Waals surface area contributed by atoms with Gasteiger partial charge in [-0.2, -0.15) is 5.26 Å². The number of fused-ring (bicyclic) bond motifs is 1. The molecule has 0 unspecified atom stereocenters. The van der Waals surface area contributed by atoms with Crippen LogP contribution in [0.15, 0.2) is 66.0 Å². The molecule has 4 rings (SSSR count). The Bertz CT molecular complexity index is 1340. The average Bonchev–Trinajstić information content (AvgIpc) is 3.00. The first kappa shape index (κ1) is 18.4. The van der Waals surface area contributed by atoms with Gasteiger partial charge in [0.2, 0.25) is 0 Å². The summed E-state index contributed by atoms with van der Waals surface area (Å²) in [7, 11) is 0. The quantitative estimate of drug-likeness (QED) is 0.502. The lowest BCUT2D eigenvalue weighted by Crippen LogP contribution is -2.23. The Labute approximate surface area is 168 Å². The molecule has 0 aliphatic rings. The molecule has 29 heavy (non-hydrogen) atoms. The Hall–Kier alpha value is -3.98. The van der Waals surface area contributed by atoms with Crippen LogP contribution in [0.2, 0.25) is 0 Å². The topological polar surface area (TPSA) is 76.5 Å². The normalized spacial score (nSPS) is 10.8. The number of hydrogen-bond donors (Lipinski definition) is 0. The Kier molecular flexibility index (Phi) is 4.57. The first-order valence-corrected chi connectivity index (χ1v) is 9.22. The Morgan fingerprint density at radius 2 is 1.83 bits per heavy atom. The van der Waals surface area contributed by atoms with Gasteiger partial charge in [0, 0.05) is 12.1 Å². The molecule has 0 atom stereocenters. The zero-order valence-electron chi connectivity index (χ0n) is 16.3. The highest BCUT2D eigenvalue weighted by atomic mass is 16.1. The van der Waals surface area contributed by atoms with Gasteiger partial charge in [0.1, 0.15) is 11.6 Å². The third kappa shape index (κ3) is 3.03. The number of nitrogens with zero attached hydrogens (tertiary/aromatic N) is 5. The Balaban J connectivity index is 2.13. The van der Waals surface area contributed by atoms with E-state index in [1.165, 1.54) is 4.57 Å². The summed E-state index contributed by atoms with van der Waals surface area (Å²) in [5, 5.41) is 9.78. The van der Waals surface area contributed by atoms with Gasteiger partial charge in [0.25, 0.3) is 0 Å². The number of benzene rings is 2. The van der Waals surface area contributed by atoms with E-state index >= 15 is 0 Å². The fourth-order valence-electron chi connectivity index (χ4n) is 3.39. The summed E-state index contributed by atoms with van der Waals surface area (Å²) in [5.74, 6) is 0.409. The van der Waals surface area contributed by atoms with Crippen LogP contribution >= 0.6 is 0 Å². The van der Waals surface area contributed by atoms with Crippen LogP contribution in [0.1, 0.15) is 16.8 Å². The highest BCUT2D eigenvalue weighted by Crippen LogP contribution is 2.24. The van der Waals surface area contributed by atoms with Crippen LogP contribution < -0.4 is 5.69 Å². The molecule has 0 aliphatic carbocycles. The van der Waals surface area contributed by atoms with E-state index in [1.54, 1.807) is 10.6 Å². The zero-order valence-corrected chi connectivity index (χ0v) is 16.3. The molecule has 2 aromatic heterocycles. The second kappa shape index (κ2) is 7.21. The molecule has 2 aromatic carbocycles. The van der Waals surface area contributed by atoms with Crippen molar-refractivity contribution < 1.29 is 0 Å². The lowest BCUT2D eigenvalue weighted by molar-refractivity contribution is 0.779. The number of hydrogen-bond acceptors (Lipinski definition) is 4. The summed E-state index contributed by atoms with van der Waals surface area (Å²) in [6.07, 6.45) is 1.62. The smallest absolute Gasteiger partial charge is 0.284 e. The predicted octanol–water partition coefficient (Wildman–Crippen LogP) is 3.92.